The fraction of sp³-hybridized carbons (Fsp3) is 0.188. The summed E-state index contributed by atoms with van der Waals surface area (Å²) in [6.45, 7) is 4.01. The van der Waals surface area contributed by atoms with Crippen molar-refractivity contribution in [2.24, 2.45) is 0 Å². The Balaban J connectivity index is 2.04. The maximum absolute atomic E-state index is 12.0. The van der Waals surface area contributed by atoms with Crippen LogP contribution < -0.4 is 10.9 Å². The summed E-state index contributed by atoms with van der Waals surface area (Å²) in [5.74, 6) is -0.188. The van der Waals surface area contributed by atoms with E-state index in [0.717, 1.165) is 12.0 Å². The number of carbonyl (C=O) groups is 1. The fourth-order valence-electron chi connectivity index (χ4n) is 1.87. The average Bonchev–Trinajstić information content (AvgIpc) is 2.46. The lowest BCUT2D eigenvalue weighted by molar-refractivity contribution is 0.0962. The van der Waals surface area contributed by atoms with E-state index < -0.39 is 0 Å². The topological polar surface area (TPSA) is 41.1 Å². The highest BCUT2D eigenvalue weighted by atomic mass is 35.5. The molecule has 0 aromatic heterocycles. The zero-order valence-electron chi connectivity index (χ0n) is 11.5. The number of rotatable bonds is 4. The van der Waals surface area contributed by atoms with Crippen LogP contribution in [0.15, 0.2) is 42.5 Å². The predicted molar refractivity (Wildman–Crippen MR) is 83.1 cm³/mol. The Kier molecular flexibility index (Phi) is 4.64. The Morgan fingerprint density at radius 1 is 1.15 bits per heavy atom. The Morgan fingerprint density at radius 2 is 1.85 bits per heavy atom. The molecule has 0 saturated carbocycles. The van der Waals surface area contributed by atoms with Crippen LogP contribution in [0.5, 0.6) is 0 Å². The number of halogens is 1. The number of hydrazine groups is 1. The van der Waals surface area contributed by atoms with Crippen molar-refractivity contribution >= 4 is 23.2 Å². The SMILES string of the molecule is CCc1ccc(C(=O)NNc2c(C)cccc2Cl)cc1. The van der Waals surface area contributed by atoms with E-state index in [1.54, 1.807) is 6.07 Å². The van der Waals surface area contributed by atoms with Crippen LogP contribution in [0.2, 0.25) is 5.02 Å². The molecule has 0 unspecified atom stereocenters. The van der Waals surface area contributed by atoms with Crippen LogP contribution in [0.3, 0.4) is 0 Å². The van der Waals surface area contributed by atoms with Gasteiger partial charge < -0.3 is 0 Å². The quantitative estimate of drug-likeness (QED) is 0.836. The molecule has 2 aromatic carbocycles. The van der Waals surface area contributed by atoms with Crippen molar-refractivity contribution in [2.45, 2.75) is 20.3 Å². The molecular weight excluding hydrogens is 272 g/mol. The van der Waals surface area contributed by atoms with Gasteiger partial charge in [0.1, 0.15) is 0 Å². The number of para-hydroxylation sites is 1. The first-order chi connectivity index (χ1) is 9.61. The molecular formula is C16H17ClN2O. The Hall–Kier alpha value is -2.00. The maximum Gasteiger partial charge on any atom is 0.269 e. The first-order valence-electron chi connectivity index (χ1n) is 6.52. The van der Waals surface area contributed by atoms with Crippen LogP contribution in [0, 0.1) is 6.92 Å². The highest BCUT2D eigenvalue weighted by Gasteiger charge is 2.07. The zero-order chi connectivity index (χ0) is 14.5. The minimum absolute atomic E-state index is 0.188. The summed E-state index contributed by atoms with van der Waals surface area (Å²) in [7, 11) is 0. The van der Waals surface area contributed by atoms with Crippen LogP contribution in [0.1, 0.15) is 28.4 Å². The van der Waals surface area contributed by atoms with Crippen molar-refractivity contribution < 1.29 is 4.79 Å². The van der Waals surface area contributed by atoms with Gasteiger partial charge in [-0.05, 0) is 42.7 Å². The van der Waals surface area contributed by atoms with Crippen LogP contribution in [-0.4, -0.2) is 5.91 Å². The molecule has 0 saturated heterocycles. The molecule has 2 rings (SSSR count). The van der Waals surface area contributed by atoms with Crippen molar-refractivity contribution in [1.29, 1.82) is 0 Å². The van der Waals surface area contributed by atoms with E-state index in [0.29, 0.717) is 16.3 Å². The molecule has 0 heterocycles. The number of anilines is 1. The zero-order valence-corrected chi connectivity index (χ0v) is 12.3. The molecule has 0 atom stereocenters. The summed E-state index contributed by atoms with van der Waals surface area (Å²) < 4.78 is 0. The van der Waals surface area contributed by atoms with E-state index in [1.165, 1.54) is 5.56 Å². The Labute approximate surface area is 123 Å². The second-order valence-electron chi connectivity index (χ2n) is 4.56. The Morgan fingerprint density at radius 3 is 2.45 bits per heavy atom. The van der Waals surface area contributed by atoms with Gasteiger partial charge in [-0.1, -0.05) is 42.8 Å². The molecule has 0 aliphatic carbocycles. The molecule has 0 bridgehead atoms. The second-order valence-corrected chi connectivity index (χ2v) is 4.97. The number of aryl methyl sites for hydroxylation is 2. The molecule has 3 nitrogen and oxygen atoms in total. The van der Waals surface area contributed by atoms with Crippen molar-refractivity contribution in [3.8, 4) is 0 Å². The van der Waals surface area contributed by atoms with Gasteiger partial charge in [0.15, 0.2) is 0 Å². The molecule has 0 fully saturated rings. The number of hydrogen-bond donors (Lipinski definition) is 2. The highest BCUT2D eigenvalue weighted by molar-refractivity contribution is 6.33. The molecule has 0 radical (unpaired) electrons. The number of carbonyl (C=O) groups excluding carboxylic acids is 1. The standard InChI is InChI=1S/C16H17ClN2O/c1-3-12-7-9-13(10-8-12)16(20)19-18-15-11(2)5-4-6-14(15)17/h4-10,18H,3H2,1-2H3,(H,19,20). The van der Waals surface area contributed by atoms with Crippen molar-refractivity contribution in [3.05, 3.63) is 64.2 Å². The van der Waals surface area contributed by atoms with Crippen LogP contribution in [-0.2, 0) is 6.42 Å². The average molecular weight is 289 g/mol. The summed E-state index contributed by atoms with van der Waals surface area (Å²) in [4.78, 5) is 12.0. The van der Waals surface area contributed by atoms with Gasteiger partial charge in [-0.2, -0.15) is 0 Å². The van der Waals surface area contributed by atoms with Crippen molar-refractivity contribution in [3.63, 3.8) is 0 Å². The van der Waals surface area contributed by atoms with E-state index >= 15 is 0 Å². The van der Waals surface area contributed by atoms with Crippen LogP contribution in [0.25, 0.3) is 0 Å². The van der Waals surface area contributed by atoms with Crippen LogP contribution in [0.4, 0.5) is 5.69 Å². The van der Waals surface area contributed by atoms with Gasteiger partial charge in [-0.25, -0.2) is 0 Å². The third-order valence-electron chi connectivity index (χ3n) is 3.15. The minimum Gasteiger partial charge on any atom is -0.297 e. The van der Waals surface area contributed by atoms with Crippen molar-refractivity contribution in [2.75, 3.05) is 5.43 Å². The summed E-state index contributed by atoms with van der Waals surface area (Å²) >= 11 is 6.08. The number of amides is 1. The van der Waals surface area contributed by atoms with Gasteiger partial charge in [0.2, 0.25) is 0 Å². The maximum atomic E-state index is 12.0. The van der Waals surface area contributed by atoms with Gasteiger partial charge in [-0.15, -0.1) is 0 Å². The highest BCUT2D eigenvalue weighted by Crippen LogP contribution is 2.24. The van der Waals surface area contributed by atoms with Gasteiger partial charge >= 0.3 is 0 Å². The summed E-state index contributed by atoms with van der Waals surface area (Å²) in [6.07, 6.45) is 0.957. The summed E-state index contributed by atoms with van der Waals surface area (Å²) in [5, 5.41) is 0.576. The molecule has 2 N–H and O–H groups in total. The van der Waals surface area contributed by atoms with Gasteiger partial charge in [0.05, 0.1) is 10.7 Å². The minimum atomic E-state index is -0.188. The summed E-state index contributed by atoms with van der Waals surface area (Å²) in [6, 6.07) is 13.1. The molecule has 4 heteroatoms. The van der Waals surface area contributed by atoms with Gasteiger partial charge in [0, 0.05) is 5.56 Å². The normalized spacial score (nSPS) is 10.2. The first kappa shape index (κ1) is 14.4. The lowest BCUT2D eigenvalue weighted by Gasteiger charge is -2.12. The second kappa shape index (κ2) is 6.44. The third kappa shape index (κ3) is 3.31. The molecule has 0 aliphatic rings. The van der Waals surface area contributed by atoms with E-state index in [1.807, 2.05) is 43.3 Å². The van der Waals surface area contributed by atoms with Crippen molar-refractivity contribution in [1.82, 2.24) is 5.43 Å². The van der Waals surface area contributed by atoms with E-state index in [4.69, 9.17) is 11.6 Å². The number of hydrogen-bond acceptors (Lipinski definition) is 2. The fourth-order valence-corrected chi connectivity index (χ4v) is 2.14. The largest absolute Gasteiger partial charge is 0.297 e. The Bertz CT molecular complexity index is 588. The molecule has 2 aromatic rings. The van der Waals surface area contributed by atoms with E-state index in [9.17, 15) is 4.79 Å². The molecule has 20 heavy (non-hydrogen) atoms. The lowest BCUT2D eigenvalue weighted by Crippen LogP contribution is -2.29. The molecule has 1 amide bonds. The van der Waals surface area contributed by atoms with E-state index in [-0.39, 0.29) is 5.91 Å². The number of benzene rings is 2. The van der Waals surface area contributed by atoms with Gasteiger partial charge in [0.25, 0.3) is 5.91 Å². The first-order valence-corrected chi connectivity index (χ1v) is 6.90. The van der Waals surface area contributed by atoms with Crippen LogP contribution >= 0.6 is 11.6 Å². The monoisotopic (exact) mass is 288 g/mol. The van der Waals surface area contributed by atoms with E-state index in [2.05, 4.69) is 17.8 Å². The number of nitrogens with one attached hydrogen (secondary N) is 2. The smallest absolute Gasteiger partial charge is 0.269 e. The lowest BCUT2D eigenvalue weighted by atomic mass is 10.1. The predicted octanol–water partition coefficient (Wildman–Crippen LogP) is 3.97. The summed E-state index contributed by atoms with van der Waals surface area (Å²) in [5.41, 5.74) is 9.04. The van der Waals surface area contributed by atoms with Gasteiger partial charge in [-0.3, -0.25) is 15.6 Å². The molecule has 0 spiro atoms. The molecule has 0 aliphatic heterocycles. The molecule has 104 valence electrons. The third-order valence-corrected chi connectivity index (χ3v) is 3.46.